The van der Waals surface area contributed by atoms with Crippen LogP contribution in [0, 0.1) is 5.92 Å². The summed E-state index contributed by atoms with van der Waals surface area (Å²) < 4.78 is 10.0. The summed E-state index contributed by atoms with van der Waals surface area (Å²) in [5.41, 5.74) is 0. The van der Waals surface area contributed by atoms with E-state index in [-0.39, 0.29) is 11.9 Å². The Bertz CT molecular complexity index is 134. The molecule has 0 aromatic rings. The van der Waals surface area contributed by atoms with Gasteiger partial charge in [0.1, 0.15) is 6.61 Å². The van der Waals surface area contributed by atoms with Gasteiger partial charge in [0.25, 0.3) is 0 Å². The second kappa shape index (κ2) is 8.05. The molecule has 0 radical (unpaired) electrons. The highest BCUT2D eigenvalue weighted by atomic mass is 16.6. The van der Waals surface area contributed by atoms with Gasteiger partial charge < -0.3 is 9.47 Å². The Morgan fingerprint density at radius 2 is 2.00 bits per heavy atom. The second-order valence-corrected chi connectivity index (χ2v) is 3.05. The van der Waals surface area contributed by atoms with Gasteiger partial charge in [0.2, 0.25) is 0 Å². The van der Waals surface area contributed by atoms with Crippen molar-refractivity contribution in [2.45, 2.75) is 33.6 Å². The van der Waals surface area contributed by atoms with Crippen LogP contribution in [0.1, 0.15) is 33.6 Å². The van der Waals surface area contributed by atoms with E-state index in [4.69, 9.17) is 9.47 Å². The Hall–Kier alpha value is -0.570. The van der Waals surface area contributed by atoms with Crippen LogP contribution in [-0.4, -0.2) is 25.8 Å². The first-order valence-corrected chi connectivity index (χ1v) is 4.96. The fourth-order valence-electron chi connectivity index (χ4n) is 1.04. The minimum Gasteiger partial charge on any atom is -0.463 e. The summed E-state index contributed by atoms with van der Waals surface area (Å²) >= 11 is 0. The van der Waals surface area contributed by atoms with Gasteiger partial charge in [-0.25, -0.2) is 0 Å². The third-order valence-electron chi connectivity index (χ3n) is 1.80. The zero-order chi connectivity index (χ0) is 10.1. The molecule has 3 heteroatoms. The van der Waals surface area contributed by atoms with E-state index in [1.54, 1.807) is 0 Å². The average Bonchev–Trinajstić information content (AvgIpc) is 2.12. The molecule has 0 rings (SSSR count). The van der Waals surface area contributed by atoms with Crippen molar-refractivity contribution in [3.05, 3.63) is 0 Å². The highest BCUT2D eigenvalue weighted by Crippen LogP contribution is 2.06. The molecule has 78 valence electrons. The smallest absolute Gasteiger partial charge is 0.308 e. The number of rotatable bonds is 7. The van der Waals surface area contributed by atoms with Crippen molar-refractivity contribution in [3.63, 3.8) is 0 Å². The van der Waals surface area contributed by atoms with Crippen LogP contribution in [0.5, 0.6) is 0 Å². The largest absolute Gasteiger partial charge is 0.463 e. The van der Waals surface area contributed by atoms with Crippen LogP contribution >= 0.6 is 0 Å². The van der Waals surface area contributed by atoms with Gasteiger partial charge in [-0.2, -0.15) is 0 Å². The van der Waals surface area contributed by atoms with E-state index < -0.39 is 0 Å². The van der Waals surface area contributed by atoms with Crippen molar-refractivity contribution in [1.82, 2.24) is 0 Å². The molecule has 0 amide bonds. The fraction of sp³-hybridized carbons (Fsp3) is 0.900. The van der Waals surface area contributed by atoms with E-state index in [0.717, 1.165) is 12.8 Å². The topological polar surface area (TPSA) is 35.5 Å². The highest BCUT2D eigenvalue weighted by Gasteiger charge is 2.12. The summed E-state index contributed by atoms with van der Waals surface area (Å²) in [5, 5.41) is 0. The first-order chi connectivity index (χ1) is 6.22. The third kappa shape index (κ3) is 6.58. The molecule has 0 aliphatic heterocycles. The molecule has 0 saturated heterocycles. The second-order valence-electron chi connectivity index (χ2n) is 3.05. The number of ether oxygens (including phenoxy) is 2. The standard InChI is InChI=1S/C10H20O3/c1-4-6-9(3)10(11)13-8-7-12-5-2/h9H,4-8H2,1-3H3. The maximum atomic E-state index is 11.2. The molecule has 1 unspecified atom stereocenters. The zero-order valence-electron chi connectivity index (χ0n) is 8.84. The third-order valence-corrected chi connectivity index (χ3v) is 1.80. The predicted octanol–water partition coefficient (Wildman–Crippen LogP) is 2.00. The molecule has 0 aliphatic rings. The summed E-state index contributed by atoms with van der Waals surface area (Å²) in [7, 11) is 0. The van der Waals surface area contributed by atoms with Gasteiger partial charge in [0.15, 0.2) is 0 Å². The summed E-state index contributed by atoms with van der Waals surface area (Å²) in [4.78, 5) is 11.2. The number of hydrogen-bond donors (Lipinski definition) is 0. The molecule has 0 spiro atoms. The van der Waals surface area contributed by atoms with Gasteiger partial charge in [-0.05, 0) is 13.3 Å². The van der Waals surface area contributed by atoms with E-state index in [2.05, 4.69) is 6.92 Å². The fourth-order valence-corrected chi connectivity index (χ4v) is 1.04. The van der Waals surface area contributed by atoms with Crippen LogP contribution in [-0.2, 0) is 14.3 Å². The molecule has 0 heterocycles. The lowest BCUT2D eigenvalue weighted by Gasteiger charge is -2.09. The maximum Gasteiger partial charge on any atom is 0.308 e. The molecule has 0 fully saturated rings. The Kier molecular flexibility index (Phi) is 7.69. The Labute approximate surface area is 80.4 Å². The van der Waals surface area contributed by atoms with Crippen LogP contribution < -0.4 is 0 Å². The molecule has 0 aliphatic carbocycles. The maximum absolute atomic E-state index is 11.2. The number of esters is 1. The van der Waals surface area contributed by atoms with Crippen molar-refractivity contribution in [2.75, 3.05) is 19.8 Å². The van der Waals surface area contributed by atoms with Crippen molar-refractivity contribution >= 4 is 5.97 Å². The molecule has 0 saturated carbocycles. The number of hydrogen-bond acceptors (Lipinski definition) is 3. The van der Waals surface area contributed by atoms with Crippen molar-refractivity contribution in [2.24, 2.45) is 5.92 Å². The van der Waals surface area contributed by atoms with Gasteiger partial charge in [0, 0.05) is 6.61 Å². The molecule has 13 heavy (non-hydrogen) atoms. The van der Waals surface area contributed by atoms with E-state index >= 15 is 0 Å². The Morgan fingerprint density at radius 1 is 1.31 bits per heavy atom. The molecule has 0 bridgehead atoms. The molecular formula is C10H20O3. The first-order valence-electron chi connectivity index (χ1n) is 4.96. The normalized spacial score (nSPS) is 12.5. The molecule has 0 aromatic heterocycles. The van der Waals surface area contributed by atoms with E-state index in [0.29, 0.717) is 19.8 Å². The van der Waals surface area contributed by atoms with Crippen LogP contribution in [0.25, 0.3) is 0 Å². The monoisotopic (exact) mass is 188 g/mol. The predicted molar refractivity (Wildman–Crippen MR) is 51.5 cm³/mol. The Balaban J connectivity index is 3.38. The van der Waals surface area contributed by atoms with Gasteiger partial charge in [-0.1, -0.05) is 20.3 Å². The van der Waals surface area contributed by atoms with Crippen LogP contribution in [0.4, 0.5) is 0 Å². The molecule has 3 nitrogen and oxygen atoms in total. The highest BCUT2D eigenvalue weighted by molar-refractivity contribution is 5.71. The van der Waals surface area contributed by atoms with Gasteiger partial charge in [0.05, 0.1) is 12.5 Å². The molecule has 1 atom stereocenters. The summed E-state index contributed by atoms with van der Waals surface area (Å²) in [6.45, 7) is 7.42. The number of carbonyl (C=O) groups is 1. The summed E-state index contributed by atoms with van der Waals surface area (Å²) in [6.07, 6.45) is 1.91. The van der Waals surface area contributed by atoms with Gasteiger partial charge in [-0.3, -0.25) is 4.79 Å². The minimum atomic E-state index is -0.110. The lowest BCUT2D eigenvalue weighted by Crippen LogP contribution is -2.17. The molecule has 0 aromatic carbocycles. The minimum absolute atomic E-state index is 0.0200. The van der Waals surface area contributed by atoms with Crippen LogP contribution in [0.15, 0.2) is 0 Å². The quantitative estimate of drug-likeness (QED) is 0.453. The van der Waals surface area contributed by atoms with Crippen LogP contribution in [0.2, 0.25) is 0 Å². The first kappa shape index (κ1) is 12.4. The van der Waals surface area contributed by atoms with Crippen molar-refractivity contribution in [3.8, 4) is 0 Å². The molecular weight excluding hydrogens is 168 g/mol. The van der Waals surface area contributed by atoms with Crippen molar-refractivity contribution < 1.29 is 14.3 Å². The molecule has 0 N–H and O–H groups in total. The Morgan fingerprint density at radius 3 is 2.54 bits per heavy atom. The van der Waals surface area contributed by atoms with Gasteiger partial charge >= 0.3 is 5.97 Å². The van der Waals surface area contributed by atoms with E-state index in [1.807, 2.05) is 13.8 Å². The van der Waals surface area contributed by atoms with E-state index in [9.17, 15) is 4.79 Å². The van der Waals surface area contributed by atoms with Crippen molar-refractivity contribution in [1.29, 1.82) is 0 Å². The SMILES string of the molecule is CCCC(C)C(=O)OCCOCC. The van der Waals surface area contributed by atoms with Gasteiger partial charge in [-0.15, -0.1) is 0 Å². The zero-order valence-corrected chi connectivity index (χ0v) is 8.84. The number of carbonyl (C=O) groups excluding carboxylic acids is 1. The lowest BCUT2D eigenvalue weighted by atomic mass is 10.1. The lowest BCUT2D eigenvalue weighted by molar-refractivity contribution is -0.149. The average molecular weight is 188 g/mol. The van der Waals surface area contributed by atoms with E-state index in [1.165, 1.54) is 0 Å². The van der Waals surface area contributed by atoms with Crippen LogP contribution in [0.3, 0.4) is 0 Å². The summed E-state index contributed by atoms with van der Waals surface area (Å²) in [5.74, 6) is -0.0896. The summed E-state index contributed by atoms with van der Waals surface area (Å²) in [6, 6.07) is 0.